The SMILES string of the molecule is CCOC(=O)C1=C(COCC2CC(COCC3=C(C(=O)OCC)C(c4ccccc4Cl)C(C(=O)OC)=C(C)N3)C2)NC(C)=C(C(=O)OC)C1c1ccccc1Cl. The Morgan fingerprint density at radius 2 is 0.982 bits per heavy atom. The van der Waals surface area contributed by atoms with Gasteiger partial charge in [-0.15, -0.1) is 0 Å². The average Bonchev–Trinajstić information content (AvgIpc) is 3.16. The smallest absolute Gasteiger partial charge is 0.336 e. The molecule has 1 aliphatic carbocycles. The van der Waals surface area contributed by atoms with Crippen molar-refractivity contribution in [1.82, 2.24) is 10.6 Å². The molecular formula is C42H48Cl2N2O10. The Labute approximate surface area is 337 Å². The fraction of sp³-hybridized carbons (Fsp3) is 0.429. The highest BCUT2D eigenvalue weighted by Gasteiger charge is 2.41. The van der Waals surface area contributed by atoms with Gasteiger partial charge in [-0.1, -0.05) is 59.6 Å². The van der Waals surface area contributed by atoms with Crippen LogP contribution in [0.15, 0.2) is 93.6 Å². The van der Waals surface area contributed by atoms with E-state index in [2.05, 4.69) is 10.6 Å². The van der Waals surface area contributed by atoms with Gasteiger partial charge in [0.05, 0.1) is 86.2 Å². The molecule has 2 heterocycles. The number of benzene rings is 2. The summed E-state index contributed by atoms with van der Waals surface area (Å²) in [6.07, 6.45) is 1.69. The average molecular weight is 812 g/mol. The van der Waals surface area contributed by atoms with E-state index in [4.69, 9.17) is 51.6 Å². The molecule has 2 atom stereocenters. The van der Waals surface area contributed by atoms with Crippen LogP contribution in [0.4, 0.5) is 0 Å². The molecular weight excluding hydrogens is 763 g/mol. The Kier molecular flexibility index (Phi) is 14.8. The molecule has 0 radical (unpaired) electrons. The van der Waals surface area contributed by atoms with Gasteiger partial charge in [0.15, 0.2) is 0 Å². The number of nitrogens with one attached hydrogen (secondary N) is 2. The molecule has 0 saturated heterocycles. The maximum absolute atomic E-state index is 13.5. The lowest BCUT2D eigenvalue weighted by atomic mass is 9.76. The highest BCUT2D eigenvalue weighted by atomic mass is 35.5. The summed E-state index contributed by atoms with van der Waals surface area (Å²) in [7, 11) is 2.58. The number of carbonyl (C=O) groups is 4. The lowest BCUT2D eigenvalue weighted by Crippen LogP contribution is -2.36. The summed E-state index contributed by atoms with van der Waals surface area (Å²) in [5, 5.41) is 7.20. The highest BCUT2D eigenvalue weighted by molar-refractivity contribution is 6.32. The standard InChI is InChI=1S/C42H48Cl2N2O10/c1-7-55-41(49)37-31(45-23(3)33(39(47)51-5)35(37)27-13-9-11-15-29(27)43)21-53-19-25-17-26(18-25)20-54-22-32-38(42(50)56-8-2)36(28-14-10-12-16-30(28)44)34(24(4)46-32)40(48)52-6/h9-16,25-26,35-36,45-46H,7-8,17-22H2,1-6H3. The number of carbonyl (C=O) groups excluding carboxylic acids is 4. The van der Waals surface area contributed by atoms with E-state index in [9.17, 15) is 19.2 Å². The Morgan fingerprint density at radius 3 is 1.32 bits per heavy atom. The molecule has 0 spiro atoms. The molecule has 12 nitrogen and oxygen atoms in total. The summed E-state index contributed by atoms with van der Waals surface area (Å²) in [6.45, 7) is 8.20. The van der Waals surface area contributed by atoms with Crippen molar-refractivity contribution >= 4 is 47.1 Å². The van der Waals surface area contributed by atoms with Gasteiger partial charge in [0.25, 0.3) is 0 Å². The molecule has 2 aromatic carbocycles. The summed E-state index contributed by atoms with van der Waals surface area (Å²) < 4.78 is 33.5. The van der Waals surface area contributed by atoms with Crippen LogP contribution < -0.4 is 10.6 Å². The predicted octanol–water partition coefficient (Wildman–Crippen LogP) is 6.66. The zero-order chi connectivity index (χ0) is 40.5. The molecule has 3 aliphatic rings. The van der Waals surface area contributed by atoms with Gasteiger partial charge >= 0.3 is 23.9 Å². The van der Waals surface area contributed by atoms with E-state index in [1.807, 2.05) is 0 Å². The van der Waals surface area contributed by atoms with Crippen LogP contribution in [0.1, 0.15) is 63.5 Å². The van der Waals surface area contributed by atoms with Gasteiger partial charge in [-0.25, -0.2) is 19.2 Å². The second-order valence-electron chi connectivity index (χ2n) is 13.7. The maximum Gasteiger partial charge on any atom is 0.336 e. The number of hydrogen-bond acceptors (Lipinski definition) is 12. The van der Waals surface area contributed by atoms with Crippen molar-refractivity contribution in [2.24, 2.45) is 11.8 Å². The molecule has 0 aromatic heterocycles. The third kappa shape index (κ3) is 9.32. The van der Waals surface area contributed by atoms with E-state index >= 15 is 0 Å². The topological polar surface area (TPSA) is 148 Å². The Bertz CT molecular complexity index is 1830. The molecule has 1 saturated carbocycles. The van der Waals surface area contributed by atoms with Crippen LogP contribution in [-0.2, 0) is 47.6 Å². The van der Waals surface area contributed by atoms with E-state index in [1.54, 1.807) is 76.2 Å². The Balaban J connectivity index is 1.25. The van der Waals surface area contributed by atoms with Crippen LogP contribution in [-0.4, -0.2) is 77.7 Å². The largest absolute Gasteiger partial charge is 0.466 e. The fourth-order valence-electron chi connectivity index (χ4n) is 7.52. The van der Waals surface area contributed by atoms with Crippen LogP contribution >= 0.6 is 23.2 Å². The van der Waals surface area contributed by atoms with E-state index in [-0.39, 0.29) is 60.6 Å². The number of dihydropyridines is 2. The van der Waals surface area contributed by atoms with Crippen molar-refractivity contribution in [2.45, 2.75) is 52.4 Å². The first-order chi connectivity index (χ1) is 26.9. The minimum atomic E-state index is -0.829. The van der Waals surface area contributed by atoms with Crippen molar-refractivity contribution in [2.75, 3.05) is 53.9 Å². The van der Waals surface area contributed by atoms with E-state index in [1.165, 1.54) is 14.2 Å². The van der Waals surface area contributed by atoms with Gasteiger partial charge in [0.1, 0.15) is 0 Å². The lowest BCUT2D eigenvalue weighted by molar-refractivity contribution is -0.140. The molecule has 2 N–H and O–H groups in total. The molecule has 0 amide bonds. The van der Waals surface area contributed by atoms with Crippen molar-refractivity contribution in [3.8, 4) is 0 Å². The third-order valence-corrected chi connectivity index (χ3v) is 10.7. The first-order valence-electron chi connectivity index (χ1n) is 18.5. The van der Waals surface area contributed by atoms with Gasteiger partial charge in [0, 0.05) is 34.7 Å². The molecule has 5 rings (SSSR count). The monoisotopic (exact) mass is 810 g/mol. The van der Waals surface area contributed by atoms with Crippen LogP contribution in [0.25, 0.3) is 0 Å². The summed E-state index contributed by atoms with van der Waals surface area (Å²) in [4.78, 5) is 53.1. The zero-order valence-electron chi connectivity index (χ0n) is 32.4. The van der Waals surface area contributed by atoms with Gasteiger partial charge in [-0.05, 0) is 75.6 Å². The first-order valence-corrected chi connectivity index (χ1v) is 19.3. The molecule has 2 unspecified atom stereocenters. The summed E-state index contributed by atoms with van der Waals surface area (Å²) in [5.74, 6) is -3.51. The molecule has 1 fully saturated rings. The summed E-state index contributed by atoms with van der Waals surface area (Å²) in [5.41, 5.74) is 4.15. The number of ether oxygens (including phenoxy) is 6. The van der Waals surface area contributed by atoms with E-state index in [0.717, 1.165) is 12.8 Å². The van der Waals surface area contributed by atoms with E-state index in [0.29, 0.717) is 57.2 Å². The predicted molar refractivity (Wildman–Crippen MR) is 209 cm³/mol. The number of methoxy groups -OCH3 is 2. The normalized spacial score (nSPS) is 20.9. The molecule has 300 valence electrons. The number of esters is 4. The molecule has 56 heavy (non-hydrogen) atoms. The number of halogens is 2. The first kappa shape index (κ1) is 42.5. The maximum atomic E-state index is 13.5. The van der Waals surface area contributed by atoms with Gasteiger partial charge in [-0.3, -0.25) is 0 Å². The summed E-state index contributed by atoms with van der Waals surface area (Å²) in [6, 6.07) is 14.1. The van der Waals surface area contributed by atoms with Crippen molar-refractivity contribution in [1.29, 1.82) is 0 Å². The minimum absolute atomic E-state index is 0.0715. The number of rotatable bonds is 16. The number of hydrogen-bond donors (Lipinski definition) is 2. The van der Waals surface area contributed by atoms with Crippen LogP contribution in [0, 0.1) is 11.8 Å². The van der Waals surface area contributed by atoms with Crippen molar-refractivity contribution in [3.63, 3.8) is 0 Å². The van der Waals surface area contributed by atoms with E-state index < -0.39 is 35.7 Å². The molecule has 0 bridgehead atoms. The number of allylic oxidation sites excluding steroid dienone is 2. The third-order valence-electron chi connectivity index (χ3n) is 10.1. The van der Waals surface area contributed by atoms with Crippen LogP contribution in [0.5, 0.6) is 0 Å². The van der Waals surface area contributed by atoms with Crippen molar-refractivity contribution < 1.29 is 47.6 Å². The Morgan fingerprint density at radius 1 is 0.607 bits per heavy atom. The quantitative estimate of drug-likeness (QED) is 0.138. The zero-order valence-corrected chi connectivity index (χ0v) is 33.9. The summed E-state index contributed by atoms with van der Waals surface area (Å²) >= 11 is 13.2. The minimum Gasteiger partial charge on any atom is -0.466 e. The van der Waals surface area contributed by atoms with Crippen LogP contribution in [0.2, 0.25) is 10.0 Å². The second kappa shape index (κ2) is 19.5. The van der Waals surface area contributed by atoms with Crippen molar-refractivity contribution in [3.05, 3.63) is 115 Å². The fourth-order valence-corrected chi connectivity index (χ4v) is 8.01. The highest BCUT2D eigenvalue weighted by Crippen LogP contribution is 2.44. The molecule has 2 aliphatic heterocycles. The molecule has 2 aromatic rings. The van der Waals surface area contributed by atoms with Gasteiger partial charge < -0.3 is 39.1 Å². The van der Waals surface area contributed by atoms with Crippen LogP contribution in [0.3, 0.4) is 0 Å². The van der Waals surface area contributed by atoms with Gasteiger partial charge in [-0.2, -0.15) is 0 Å². The lowest BCUT2D eigenvalue weighted by Gasteiger charge is -2.36. The van der Waals surface area contributed by atoms with Gasteiger partial charge in [0.2, 0.25) is 0 Å². The second-order valence-corrected chi connectivity index (χ2v) is 14.5. The molecule has 14 heteroatoms. The Hall–Kier alpha value is -4.62.